The molecule has 0 bridgehead atoms. The summed E-state index contributed by atoms with van der Waals surface area (Å²) < 4.78 is 0. The molecular formula is C124H146Si6. The number of fused-ring (bicyclic) bond motifs is 12. The molecule has 0 heterocycles. The molecule has 0 saturated heterocycles. The predicted octanol–water partition coefficient (Wildman–Crippen LogP) is 36.4. The van der Waals surface area contributed by atoms with Gasteiger partial charge in [-0.3, -0.25) is 0 Å². The van der Waals surface area contributed by atoms with Gasteiger partial charge in [0, 0.05) is 33.4 Å². The highest BCUT2D eigenvalue weighted by molar-refractivity contribution is 6.89. The summed E-state index contributed by atoms with van der Waals surface area (Å²) in [5.41, 5.74) is 44.3. The SMILES string of the molecule is CC[Si](C#Cc1c2cc3cc(C)c(C)cc3cc2c(C#C[Si](CC)(CC)CC)c2cc3cc(C)c(C)cc3cc12)(CC)CC.CC[Si](C#Cc1c2cc3cc(C)c(C)cc3cc2c(C#C[Si](CC)(CC)CC)c2cc3cc(C)c(C)cc3cc12)(CC)CC.CC[Si](C#Cc1c2cc3ccccc3cc2c(C#C[Si](CC)(CC)CC)c2cc3cc(C)c(C)cc3cc12)(CC)CC. The summed E-state index contributed by atoms with van der Waals surface area (Å²) in [5.74, 6) is 23.4. The number of aryl methyl sites for hydroxylation is 10. The van der Waals surface area contributed by atoms with Gasteiger partial charge in [0.1, 0.15) is 48.4 Å². The minimum Gasteiger partial charge on any atom is -0.126 e. The molecule has 0 aromatic heterocycles. The smallest absolute Gasteiger partial charge is 0.126 e. The summed E-state index contributed by atoms with van der Waals surface area (Å²) in [4.78, 5) is 0. The predicted molar refractivity (Wildman–Crippen MR) is 601 cm³/mol. The van der Waals surface area contributed by atoms with Crippen molar-refractivity contribution in [2.45, 2.75) is 303 Å². The van der Waals surface area contributed by atoms with E-state index in [0.717, 1.165) is 0 Å². The van der Waals surface area contributed by atoms with Gasteiger partial charge in [-0.05, 0) is 436 Å². The van der Waals surface area contributed by atoms with E-state index in [-0.39, 0.29) is 0 Å². The van der Waals surface area contributed by atoms with Crippen LogP contribution in [0.15, 0.2) is 158 Å². The Labute approximate surface area is 789 Å². The maximum absolute atomic E-state index is 3.98. The van der Waals surface area contributed by atoms with Gasteiger partial charge in [-0.2, -0.15) is 0 Å². The lowest BCUT2D eigenvalue weighted by atomic mass is 9.88. The third-order valence-electron chi connectivity index (χ3n) is 33.0. The number of hydrogen-bond donors (Lipinski definition) is 0. The molecule has 0 unspecified atom stereocenters. The zero-order chi connectivity index (χ0) is 93.7. The van der Waals surface area contributed by atoms with Crippen LogP contribution in [0.4, 0.5) is 0 Å². The van der Waals surface area contributed by atoms with Crippen LogP contribution in [0.3, 0.4) is 0 Å². The highest BCUT2D eigenvalue weighted by Gasteiger charge is 2.32. The zero-order valence-electron chi connectivity index (χ0n) is 84.7. The fraction of sp³-hybridized carbons (Fsp3) is 0.371. The monoisotopic (exact) mass is 1800 g/mol. The van der Waals surface area contributed by atoms with Crippen LogP contribution in [0.25, 0.3) is 129 Å². The fourth-order valence-corrected chi connectivity index (χ4v) is 35.1. The Morgan fingerprint density at radius 1 is 0.146 bits per heavy atom. The summed E-state index contributed by atoms with van der Waals surface area (Å²) in [6.45, 7) is 64.5. The lowest BCUT2D eigenvalue weighted by Gasteiger charge is -2.21. The quantitative estimate of drug-likeness (QED) is 0.0456. The van der Waals surface area contributed by atoms with Crippen LogP contribution in [0.5, 0.6) is 0 Å². The Kier molecular flexibility index (Phi) is 30.5. The number of benzene rings is 15. The fourth-order valence-electron chi connectivity index (χ4n) is 20.5. The van der Waals surface area contributed by atoms with Crippen LogP contribution in [0, 0.1) is 138 Å². The molecule has 130 heavy (non-hydrogen) atoms. The molecule has 0 atom stereocenters. The third-order valence-corrected chi connectivity index (χ3v) is 61.3. The van der Waals surface area contributed by atoms with E-state index in [0.29, 0.717) is 0 Å². The standard InChI is InChI=1S/2C42H50Si2.C40H46Si2/c2*1-11-43(12-2,13-3)19-17-37-39-25-33-21-29(7)31(9)23-35(33)27-41(39)38(18-20-44(14-4,15-5)16-6)42-28-36-24-32(10)30(8)22-34(36)26-40(37)42;1-9-41(10-2,11-3)21-19-35-37-25-31-17-15-16-18-32(31)26-38(37)36(20-22-42(12-4,13-5)14-6)40-28-34-24-30(8)29(7)23-33(34)27-39(35)40/h2*21-28H,11-16H2,1-10H3;15-18,23-28H,9-14H2,1-8H3. The number of rotatable bonds is 18. The maximum Gasteiger partial charge on any atom is 0.138 e. The Morgan fingerprint density at radius 3 is 0.346 bits per heavy atom. The summed E-state index contributed by atoms with van der Waals surface area (Å²) in [6.07, 6.45) is 0. The maximum atomic E-state index is 3.98. The molecule has 0 saturated carbocycles. The van der Waals surface area contributed by atoms with E-state index in [2.05, 4.69) is 420 Å². The number of hydrogen-bond acceptors (Lipinski definition) is 0. The van der Waals surface area contributed by atoms with Crippen LogP contribution < -0.4 is 0 Å². The third kappa shape index (κ3) is 19.1. The van der Waals surface area contributed by atoms with Gasteiger partial charge < -0.3 is 0 Å². The first kappa shape index (κ1) is 97.6. The van der Waals surface area contributed by atoms with Gasteiger partial charge in [-0.15, -0.1) is 33.3 Å². The average Bonchev–Trinajstić information content (AvgIpc) is 0.736. The van der Waals surface area contributed by atoms with Crippen molar-refractivity contribution in [3.05, 3.63) is 247 Å². The minimum absolute atomic E-state index is 1.19. The minimum atomic E-state index is -1.67. The molecule has 0 amide bonds. The molecule has 0 aliphatic rings. The van der Waals surface area contributed by atoms with Gasteiger partial charge in [0.15, 0.2) is 0 Å². The van der Waals surface area contributed by atoms with Crippen molar-refractivity contribution in [2.75, 3.05) is 0 Å². The van der Waals surface area contributed by atoms with Gasteiger partial charge in [0.05, 0.1) is 0 Å². The Bertz CT molecular complexity index is 6390. The Hall–Kier alpha value is -9.92. The van der Waals surface area contributed by atoms with Gasteiger partial charge in [-0.25, -0.2) is 0 Å². The molecule has 0 nitrogen and oxygen atoms in total. The molecule has 0 spiro atoms. The van der Waals surface area contributed by atoms with Crippen molar-refractivity contribution < 1.29 is 0 Å². The van der Waals surface area contributed by atoms with E-state index in [1.165, 1.54) is 327 Å². The highest BCUT2D eigenvalue weighted by atomic mass is 28.3. The van der Waals surface area contributed by atoms with Crippen molar-refractivity contribution in [2.24, 2.45) is 0 Å². The van der Waals surface area contributed by atoms with Crippen molar-refractivity contribution in [3.63, 3.8) is 0 Å². The molecule has 15 aromatic carbocycles. The van der Waals surface area contributed by atoms with Crippen molar-refractivity contribution >= 4 is 178 Å². The normalized spacial score (nSPS) is 12.0. The average molecular weight is 1810 g/mol. The molecule has 15 rings (SSSR count). The zero-order valence-corrected chi connectivity index (χ0v) is 90.7. The first-order chi connectivity index (χ1) is 62.4. The molecule has 0 aliphatic carbocycles. The lowest BCUT2D eigenvalue weighted by molar-refractivity contribution is 1.20. The second-order valence-corrected chi connectivity index (χ2v) is 68.5. The van der Waals surface area contributed by atoms with Crippen LogP contribution in [0.1, 0.15) is 214 Å². The van der Waals surface area contributed by atoms with E-state index in [9.17, 15) is 0 Å². The van der Waals surface area contributed by atoms with E-state index in [1.54, 1.807) is 0 Å². The highest BCUT2D eigenvalue weighted by Crippen LogP contribution is 2.44. The molecule has 0 aliphatic heterocycles. The molecule has 15 aromatic rings. The van der Waals surface area contributed by atoms with E-state index in [1.807, 2.05) is 0 Å². The molecular weight excluding hydrogens is 1660 g/mol. The van der Waals surface area contributed by atoms with Crippen molar-refractivity contribution in [1.82, 2.24) is 0 Å². The van der Waals surface area contributed by atoms with Gasteiger partial charge in [0.25, 0.3) is 0 Å². The van der Waals surface area contributed by atoms with Crippen molar-refractivity contribution in [3.8, 4) is 68.8 Å². The molecule has 6 heteroatoms. The first-order valence-electron chi connectivity index (χ1n) is 50.1. The molecule has 0 fully saturated rings. The van der Waals surface area contributed by atoms with Gasteiger partial charge in [0.2, 0.25) is 0 Å². The van der Waals surface area contributed by atoms with E-state index >= 15 is 0 Å². The van der Waals surface area contributed by atoms with Gasteiger partial charge in [-0.1, -0.05) is 245 Å². The summed E-state index contributed by atoms with van der Waals surface area (Å²) in [7, 11) is -9.97. The van der Waals surface area contributed by atoms with Crippen LogP contribution in [0.2, 0.25) is 109 Å². The van der Waals surface area contributed by atoms with Crippen LogP contribution in [-0.2, 0) is 0 Å². The summed E-state index contributed by atoms with van der Waals surface area (Å²) in [6, 6.07) is 83.0. The van der Waals surface area contributed by atoms with E-state index in [4.69, 9.17) is 0 Å². The second kappa shape index (κ2) is 40.7. The topological polar surface area (TPSA) is 0 Å². The summed E-state index contributed by atoms with van der Waals surface area (Å²) in [5, 5.41) is 30.5. The summed E-state index contributed by atoms with van der Waals surface area (Å²) >= 11 is 0. The van der Waals surface area contributed by atoms with E-state index < -0.39 is 48.4 Å². The van der Waals surface area contributed by atoms with Crippen molar-refractivity contribution in [1.29, 1.82) is 0 Å². The first-order valence-corrected chi connectivity index (χ1v) is 65.8. The molecule has 0 radical (unpaired) electrons. The van der Waals surface area contributed by atoms with Gasteiger partial charge >= 0.3 is 0 Å². The Morgan fingerprint density at radius 2 is 0.246 bits per heavy atom. The Balaban J connectivity index is 0.000000166. The van der Waals surface area contributed by atoms with Crippen LogP contribution in [-0.4, -0.2) is 48.4 Å². The lowest BCUT2D eigenvalue weighted by Crippen LogP contribution is -2.29. The van der Waals surface area contributed by atoms with Crippen LogP contribution >= 0.6 is 0 Å². The largest absolute Gasteiger partial charge is 0.138 e. The molecule has 666 valence electrons. The second-order valence-electron chi connectivity index (χ2n) is 38.9. The molecule has 0 N–H and O–H groups in total.